The minimum atomic E-state index is -0.615. The van der Waals surface area contributed by atoms with Gasteiger partial charge in [-0.15, -0.1) is 0 Å². The molecule has 0 aliphatic carbocycles. The number of hydrogen-bond donors (Lipinski definition) is 1. The summed E-state index contributed by atoms with van der Waals surface area (Å²) in [6, 6.07) is 5.49. The number of amides is 1. The first-order valence-electron chi connectivity index (χ1n) is 9.33. The third-order valence-electron chi connectivity index (χ3n) is 4.73. The van der Waals surface area contributed by atoms with Gasteiger partial charge in [0.2, 0.25) is 5.91 Å². The minimum Gasteiger partial charge on any atom is -0.493 e. The number of ether oxygens (including phenoxy) is 1. The number of anilines is 1. The summed E-state index contributed by atoms with van der Waals surface area (Å²) in [7, 11) is 1.51. The first-order valence-corrected chi connectivity index (χ1v) is 9.33. The van der Waals surface area contributed by atoms with Gasteiger partial charge in [0.1, 0.15) is 17.7 Å². The molecule has 8 heteroatoms. The van der Waals surface area contributed by atoms with Gasteiger partial charge in [-0.25, -0.2) is 14.3 Å². The fourth-order valence-electron chi connectivity index (χ4n) is 3.50. The number of pyridine rings is 1. The monoisotopic (exact) mass is 396 g/mol. The fraction of sp³-hybridized carbons (Fsp3) is 0.333. The highest BCUT2D eigenvalue weighted by molar-refractivity contribution is 5.92. The summed E-state index contributed by atoms with van der Waals surface area (Å²) in [6.07, 6.45) is 1.48. The first-order chi connectivity index (χ1) is 13.7. The summed E-state index contributed by atoms with van der Waals surface area (Å²) in [5.41, 5.74) is 2.60. The smallest absolute Gasteiger partial charge is 0.332 e. The summed E-state index contributed by atoms with van der Waals surface area (Å²) in [5, 5.41) is 3.00. The number of rotatable bonds is 5. The number of fused-ring (bicyclic) bond motifs is 1. The number of carbonyl (C=O) groups is 1. The van der Waals surface area contributed by atoms with E-state index in [1.165, 1.54) is 17.8 Å². The van der Waals surface area contributed by atoms with Gasteiger partial charge in [-0.3, -0.25) is 14.2 Å². The lowest BCUT2D eigenvalue weighted by atomic mass is 10.1. The predicted octanol–water partition coefficient (Wildman–Crippen LogP) is 2.06. The van der Waals surface area contributed by atoms with Crippen LogP contribution in [0.15, 0.2) is 34.0 Å². The Hall–Kier alpha value is -3.42. The molecule has 2 heterocycles. The summed E-state index contributed by atoms with van der Waals surface area (Å²) in [6.45, 7) is 7.52. The Kier molecular flexibility index (Phi) is 5.54. The molecule has 29 heavy (non-hydrogen) atoms. The van der Waals surface area contributed by atoms with Crippen LogP contribution in [0, 0.1) is 20.8 Å². The SMILES string of the molecule is CCOc1ccnc2c1c(=O)n(CC(=O)Nc1c(C)cc(C)cc1C)c(=O)n2C. The third kappa shape index (κ3) is 3.78. The van der Waals surface area contributed by atoms with Gasteiger partial charge >= 0.3 is 5.69 Å². The van der Waals surface area contributed by atoms with Crippen LogP contribution in [-0.4, -0.2) is 26.6 Å². The number of hydrogen-bond acceptors (Lipinski definition) is 5. The molecule has 3 rings (SSSR count). The van der Waals surface area contributed by atoms with Gasteiger partial charge in [0.25, 0.3) is 5.56 Å². The van der Waals surface area contributed by atoms with Crippen LogP contribution >= 0.6 is 0 Å². The minimum absolute atomic E-state index is 0.173. The molecule has 0 bridgehead atoms. The van der Waals surface area contributed by atoms with Crippen molar-refractivity contribution in [1.82, 2.24) is 14.1 Å². The highest BCUT2D eigenvalue weighted by Gasteiger charge is 2.18. The number of benzene rings is 1. The lowest BCUT2D eigenvalue weighted by Gasteiger charge is -2.15. The van der Waals surface area contributed by atoms with Crippen molar-refractivity contribution >= 4 is 22.6 Å². The van der Waals surface area contributed by atoms with E-state index in [0.717, 1.165) is 21.3 Å². The van der Waals surface area contributed by atoms with E-state index in [2.05, 4.69) is 10.3 Å². The molecule has 0 aliphatic heterocycles. The predicted molar refractivity (Wildman–Crippen MR) is 112 cm³/mol. The van der Waals surface area contributed by atoms with Crippen LogP contribution in [0.4, 0.5) is 5.69 Å². The largest absolute Gasteiger partial charge is 0.493 e. The van der Waals surface area contributed by atoms with Crippen LogP contribution in [0.5, 0.6) is 5.75 Å². The second kappa shape index (κ2) is 7.90. The number of nitrogens with zero attached hydrogens (tertiary/aromatic N) is 3. The topological polar surface area (TPSA) is 95.2 Å². The van der Waals surface area contributed by atoms with Crippen molar-refractivity contribution in [2.75, 3.05) is 11.9 Å². The fourth-order valence-corrected chi connectivity index (χ4v) is 3.50. The molecule has 8 nitrogen and oxygen atoms in total. The van der Waals surface area contributed by atoms with Crippen LogP contribution in [-0.2, 0) is 18.4 Å². The maximum absolute atomic E-state index is 13.0. The zero-order valence-corrected chi connectivity index (χ0v) is 17.2. The summed E-state index contributed by atoms with van der Waals surface area (Å²) >= 11 is 0. The molecule has 1 amide bonds. The Morgan fingerprint density at radius 3 is 2.45 bits per heavy atom. The Morgan fingerprint density at radius 1 is 1.17 bits per heavy atom. The van der Waals surface area contributed by atoms with Crippen molar-refractivity contribution < 1.29 is 9.53 Å². The van der Waals surface area contributed by atoms with Gasteiger partial charge in [-0.2, -0.15) is 0 Å². The molecular formula is C21H24N4O4. The molecule has 0 saturated heterocycles. The Balaban J connectivity index is 2.05. The number of aromatic nitrogens is 3. The summed E-state index contributed by atoms with van der Waals surface area (Å²) < 4.78 is 7.67. The molecule has 0 spiro atoms. The first kappa shape index (κ1) is 20.3. The van der Waals surface area contributed by atoms with E-state index in [4.69, 9.17) is 4.74 Å². The molecule has 1 aromatic carbocycles. The van der Waals surface area contributed by atoms with E-state index >= 15 is 0 Å². The van der Waals surface area contributed by atoms with Crippen LogP contribution in [0.1, 0.15) is 23.6 Å². The van der Waals surface area contributed by atoms with Crippen LogP contribution < -0.4 is 21.3 Å². The molecule has 0 fully saturated rings. The van der Waals surface area contributed by atoms with Crippen molar-refractivity contribution in [2.45, 2.75) is 34.2 Å². The second-order valence-electron chi connectivity index (χ2n) is 7.00. The van der Waals surface area contributed by atoms with Crippen molar-refractivity contribution in [3.05, 3.63) is 61.9 Å². The maximum Gasteiger partial charge on any atom is 0.332 e. The van der Waals surface area contributed by atoms with Gasteiger partial charge in [-0.1, -0.05) is 17.7 Å². The van der Waals surface area contributed by atoms with Crippen LogP contribution in [0.2, 0.25) is 0 Å². The highest BCUT2D eigenvalue weighted by Crippen LogP contribution is 2.22. The molecular weight excluding hydrogens is 372 g/mol. The van der Waals surface area contributed by atoms with Gasteiger partial charge in [0.05, 0.1) is 6.61 Å². The van der Waals surface area contributed by atoms with Gasteiger partial charge < -0.3 is 10.1 Å². The third-order valence-corrected chi connectivity index (χ3v) is 4.73. The van der Waals surface area contributed by atoms with E-state index in [-0.39, 0.29) is 11.0 Å². The average molecular weight is 396 g/mol. The zero-order valence-electron chi connectivity index (χ0n) is 17.2. The quantitative estimate of drug-likeness (QED) is 0.712. The molecule has 3 aromatic rings. The van der Waals surface area contributed by atoms with E-state index in [1.54, 1.807) is 13.0 Å². The molecule has 152 valence electrons. The molecule has 0 unspecified atom stereocenters. The summed E-state index contributed by atoms with van der Waals surface area (Å²) in [4.78, 5) is 42.5. The van der Waals surface area contributed by atoms with Gasteiger partial charge in [0.15, 0.2) is 5.65 Å². The standard InChI is InChI=1S/C21H24N4O4/c1-6-29-15-7-8-22-19-17(15)20(27)25(21(28)24(19)5)11-16(26)23-18-13(3)9-12(2)10-14(18)4/h7-10H,6,11H2,1-5H3,(H,23,26). The van der Waals surface area contributed by atoms with Crippen molar-refractivity contribution in [2.24, 2.45) is 7.05 Å². The van der Waals surface area contributed by atoms with Crippen molar-refractivity contribution in [1.29, 1.82) is 0 Å². The number of nitrogens with one attached hydrogen (secondary N) is 1. The maximum atomic E-state index is 13.0. The van der Waals surface area contributed by atoms with Crippen LogP contribution in [0.3, 0.4) is 0 Å². The van der Waals surface area contributed by atoms with Crippen molar-refractivity contribution in [3.63, 3.8) is 0 Å². The second-order valence-corrected chi connectivity index (χ2v) is 7.00. The lowest BCUT2D eigenvalue weighted by Crippen LogP contribution is -2.42. The summed E-state index contributed by atoms with van der Waals surface area (Å²) in [5.74, 6) is -0.127. The van der Waals surface area contributed by atoms with E-state index in [9.17, 15) is 14.4 Å². The Labute approximate surface area is 167 Å². The van der Waals surface area contributed by atoms with Gasteiger partial charge in [-0.05, 0) is 44.9 Å². The van der Waals surface area contributed by atoms with Gasteiger partial charge in [0, 0.05) is 18.9 Å². The van der Waals surface area contributed by atoms with E-state index < -0.39 is 23.7 Å². The Bertz CT molecular complexity index is 1200. The molecule has 2 aromatic heterocycles. The molecule has 0 atom stereocenters. The lowest BCUT2D eigenvalue weighted by molar-refractivity contribution is -0.116. The van der Waals surface area contributed by atoms with Crippen LogP contribution in [0.25, 0.3) is 11.0 Å². The molecule has 0 radical (unpaired) electrons. The van der Waals surface area contributed by atoms with E-state index in [0.29, 0.717) is 18.0 Å². The molecule has 0 aliphatic rings. The highest BCUT2D eigenvalue weighted by atomic mass is 16.5. The number of aryl methyl sites for hydroxylation is 4. The molecule has 0 saturated carbocycles. The van der Waals surface area contributed by atoms with Crippen molar-refractivity contribution in [3.8, 4) is 5.75 Å². The normalized spacial score (nSPS) is 10.9. The molecule has 1 N–H and O–H groups in total. The van der Waals surface area contributed by atoms with E-state index in [1.807, 2.05) is 32.9 Å². The average Bonchev–Trinajstić information content (AvgIpc) is 2.66. The Morgan fingerprint density at radius 2 is 1.83 bits per heavy atom. The zero-order chi connectivity index (χ0) is 21.3. The number of carbonyl (C=O) groups excluding carboxylic acids is 1.